The zero-order chi connectivity index (χ0) is 19.5. The van der Waals surface area contributed by atoms with Crippen molar-refractivity contribution in [1.29, 1.82) is 0 Å². The number of amides is 1. The first kappa shape index (κ1) is 18.5. The predicted octanol–water partition coefficient (Wildman–Crippen LogP) is 4.34. The van der Waals surface area contributed by atoms with Crippen molar-refractivity contribution in [2.45, 2.75) is 12.8 Å². The first-order chi connectivity index (χ1) is 13.6. The van der Waals surface area contributed by atoms with Crippen LogP contribution in [0, 0.1) is 17.6 Å². The molecule has 4 rings (SSSR count). The van der Waals surface area contributed by atoms with Crippen LogP contribution in [0.1, 0.15) is 12.8 Å². The largest absolute Gasteiger partial charge is 0.355 e. The minimum Gasteiger partial charge on any atom is -0.355 e. The molecule has 1 N–H and O–H groups in total. The number of carbonyl (C=O) groups excluding carboxylic acids is 1. The summed E-state index contributed by atoms with van der Waals surface area (Å²) in [5.74, 6) is -1.13. The van der Waals surface area contributed by atoms with Crippen LogP contribution in [0.4, 0.5) is 20.3 Å². The van der Waals surface area contributed by atoms with E-state index in [-0.39, 0.29) is 17.5 Å². The normalized spacial score (nSPS) is 14.9. The summed E-state index contributed by atoms with van der Waals surface area (Å²) < 4.78 is 26.7. The smallest absolute Gasteiger partial charge is 0.227 e. The van der Waals surface area contributed by atoms with Crippen molar-refractivity contribution in [3.05, 3.63) is 59.5 Å². The Morgan fingerprint density at radius 3 is 2.57 bits per heavy atom. The number of thiophene rings is 1. The molecule has 0 radical (unpaired) electrons. The molecule has 1 aliphatic rings. The van der Waals surface area contributed by atoms with Crippen molar-refractivity contribution >= 4 is 28.7 Å². The highest BCUT2D eigenvalue weighted by molar-refractivity contribution is 7.13. The molecule has 1 amide bonds. The lowest BCUT2D eigenvalue weighted by atomic mass is 9.95. The second kappa shape index (κ2) is 8.02. The van der Waals surface area contributed by atoms with Gasteiger partial charge in [0.2, 0.25) is 5.91 Å². The van der Waals surface area contributed by atoms with E-state index < -0.39 is 11.6 Å². The third kappa shape index (κ3) is 4.01. The fourth-order valence-electron chi connectivity index (χ4n) is 3.25. The molecule has 0 unspecified atom stereocenters. The van der Waals surface area contributed by atoms with Gasteiger partial charge < -0.3 is 10.2 Å². The summed E-state index contributed by atoms with van der Waals surface area (Å²) >= 11 is 1.62. The molecule has 0 aliphatic carbocycles. The highest BCUT2D eigenvalue weighted by Crippen LogP contribution is 2.26. The molecule has 1 saturated heterocycles. The molecular formula is C20H18F2N4OS. The fraction of sp³-hybridized carbons (Fsp3) is 0.250. The molecule has 0 bridgehead atoms. The van der Waals surface area contributed by atoms with E-state index in [4.69, 9.17) is 0 Å². The average Bonchev–Trinajstić information content (AvgIpc) is 3.25. The highest BCUT2D eigenvalue weighted by atomic mass is 32.1. The molecule has 3 heterocycles. The average molecular weight is 400 g/mol. The zero-order valence-corrected chi connectivity index (χ0v) is 15.8. The van der Waals surface area contributed by atoms with E-state index >= 15 is 0 Å². The van der Waals surface area contributed by atoms with Crippen LogP contribution in [-0.2, 0) is 4.79 Å². The van der Waals surface area contributed by atoms with E-state index in [2.05, 4.69) is 20.4 Å². The Morgan fingerprint density at radius 2 is 1.93 bits per heavy atom. The first-order valence-electron chi connectivity index (χ1n) is 8.98. The van der Waals surface area contributed by atoms with Crippen LogP contribution in [0.5, 0.6) is 0 Å². The first-order valence-corrected chi connectivity index (χ1v) is 9.86. The van der Waals surface area contributed by atoms with Gasteiger partial charge in [0.15, 0.2) is 5.82 Å². The number of anilines is 2. The van der Waals surface area contributed by atoms with Gasteiger partial charge in [0, 0.05) is 25.1 Å². The number of piperidine rings is 1. The summed E-state index contributed by atoms with van der Waals surface area (Å²) in [6.07, 6.45) is 1.26. The summed E-state index contributed by atoms with van der Waals surface area (Å²) in [4.78, 5) is 15.6. The van der Waals surface area contributed by atoms with E-state index in [0.29, 0.717) is 25.9 Å². The van der Waals surface area contributed by atoms with Gasteiger partial charge in [-0.15, -0.1) is 21.5 Å². The maximum Gasteiger partial charge on any atom is 0.227 e. The quantitative estimate of drug-likeness (QED) is 0.708. The molecule has 28 heavy (non-hydrogen) atoms. The summed E-state index contributed by atoms with van der Waals surface area (Å²) in [5.41, 5.74) is 0.846. The highest BCUT2D eigenvalue weighted by Gasteiger charge is 2.26. The minimum atomic E-state index is -0.771. The monoisotopic (exact) mass is 400 g/mol. The summed E-state index contributed by atoms with van der Waals surface area (Å²) in [6, 6.07) is 11.0. The van der Waals surface area contributed by atoms with Gasteiger partial charge in [-0.25, -0.2) is 8.78 Å². The van der Waals surface area contributed by atoms with Crippen LogP contribution in [-0.4, -0.2) is 29.2 Å². The number of nitrogens with zero attached hydrogens (tertiary/aromatic N) is 3. The van der Waals surface area contributed by atoms with E-state index in [1.54, 1.807) is 11.3 Å². The molecule has 5 nitrogen and oxygen atoms in total. The van der Waals surface area contributed by atoms with Crippen LogP contribution in [0.2, 0.25) is 0 Å². The lowest BCUT2D eigenvalue weighted by Gasteiger charge is -2.31. The Bertz CT molecular complexity index is 955. The molecule has 8 heteroatoms. The molecule has 1 aromatic carbocycles. The Balaban J connectivity index is 1.34. The number of aromatic nitrogens is 2. The van der Waals surface area contributed by atoms with Crippen LogP contribution < -0.4 is 10.2 Å². The van der Waals surface area contributed by atoms with Gasteiger partial charge in [-0.1, -0.05) is 6.07 Å². The van der Waals surface area contributed by atoms with Crippen LogP contribution in [0.3, 0.4) is 0 Å². The Kier molecular flexibility index (Phi) is 5.29. The number of benzene rings is 1. The number of nitrogens with one attached hydrogen (secondary N) is 1. The van der Waals surface area contributed by atoms with Crippen LogP contribution in [0.15, 0.2) is 47.8 Å². The number of halogens is 2. The molecule has 1 aliphatic heterocycles. The molecule has 2 aromatic heterocycles. The van der Waals surface area contributed by atoms with Crippen molar-refractivity contribution in [3.8, 4) is 10.6 Å². The molecule has 0 spiro atoms. The van der Waals surface area contributed by atoms with Gasteiger partial charge >= 0.3 is 0 Å². The molecule has 144 valence electrons. The van der Waals surface area contributed by atoms with Gasteiger partial charge in [-0.05, 0) is 48.6 Å². The third-order valence-corrected chi connectivity index (χ3v) is 5.70. The molecule has 0 atom stereocenters. The summed E-state index contributed by atoms with van der Waals surface area (Å²) in [6.45, 7) is 1.33. The second-order valence-electron chi connectivity index (χ2n) is 6.63. The SMILES string of the molecule is O=C(Nc1ccc(F)cc1F)C1CCN(c2ccc(-c3cccs3)nn2)CC1. The predicted molar refractivity (Wildman–Crippen MR) is 105 cm³/mol. The maximum atomic E-state index is 13.7. The van der Waals surface area contributed by atoms with Crippen LogP contribution in [0.25, 0.3) is 10.6 Å². The molecular weight excluding hydrogens is 382 g/mol. The maximum absolute atomic E-state index is 13.7. The second-order valence-corrected chi connectivity index (χ2v) is 7.58. The van der Waals surface area contributed by atoms with Crippen molar-refractivity contribution < 1.29 is 13.6 Å². The van der Waals surface area contributed by atoms with E-state index in [1.807, 2.05) is 29.6 Å². The van der Waals surface area contributed by atoms with Gasteiger partial charge in [0.05, 0.1) is 10.6 Å². The van der Waals surface area contributed by atoms with Gasteiger partial charge in [-0.3, -0.25) is 4.79 Å². The molecule has 1 fully saturated rings. The van der Waals surface area contributed by atoms with E-state index in [0.717, 1.165) is 28.5 Å². The Labute approximate surface area is 165 Å². The van der Waals surface area contributed by atoms with Gasteiger partial charge in [0.25, 0.3) is 0 Å². The van der Waals surface area contributed by atoms with Crippen molar-refractivity contribution in [2.75, 3.05) is 23.3 Å². The van der Waals surface area contributed by atoms with E-state index in [9.17, 15) is 13.6 Å². The summed E-state index contributed by atoms with van der Waals surface area (Å²) in [7, 11) is 0. The van der Waals surface area contributed by atoms with Crippen molar-refractivity contribution in [3.63, 3.8) is 0 Å². The third-order valence-electron chi connectivity index (χ3n) is 4.80. The fourth-order valence-corrected chi connectivity index (χ4v) is 3.94. The lowest BCUT2D eigenvalue weighted by molar-refractivity contribution is -0.120. The topological polar surface area (TPSA) is 58.1 Å². The van der Waals surface area contributed by atoms with Gasteiger partial charge in [0.1, 0.15) is 17.3 Å². The summed E-state index contributed by atoms with van der Waals surface area (Å²) in [5, 5.41) is 13.2. The Morgan fingerprint density at radius 1 is 1.11 bits per heavy atom. The standard InChI is InChI=1S/C20H18F2N4OS/c21-14-3-4-16(15(22)12-14)23-20(27)13-7-9-26(10-8-13)19-6-5-17(24-25-19)18-2-1-11-28-18/h1-6,11-13H,7-10H2,(H,23,27). The Hall–Kier alpha value is -2.87. The zero-order valence-electron chi connectivity index (χ0n) is 14.9. The minimum absolute atomic E-state index is 0.00358. The number of hydrogen-bond donors (Lipinski definition) is 1. The van der Waals surface area contributed by atoms with Gasteiger partial charge in [-0.2, -0.15) is 0 Å². The number of carbonyl (C=O) groups is 1. The molecule has 3 aromatic rings. The lowest BCUT2D eigenvalue weighted by Crippen LogP contribution is -2.38. The van der Waals surface area contributed by atoms with Crippen LogP contribution >= 0.6 is 11.3 Å². The number of rotatable bonds is 4. The number of hydrogen-bond acceptors (Lipinski definition) is 5. The molecule has 0 saturated carbocycles. The van der Waals surface area contributed by atoms with Crippen molar-refractivity contribution in [1.82, 2.24) is 10.2 Å². The van der Waals surface area contributed by atoms with Crippen molar-refractivity contribution in [2.24, 2.45) is 5.92 Å². The van der Waals surface area contributed by atoms with E-state index in [1.165, 1.54) is 6.07 Å².